The summed E-state index contributed by atoms with van der Waals surface area (Å²) in [7, 11) is 0. The van der Waals surface area contributed by atoms with Crippen molar-refractivity contribution in [3.8, 4) is 66.8 Å². The number of hydrogen-bond donors (Lipinski definition) is 0. The molecule has 0 aliphatic heterocycles. The van der Waals surface area contributed by atoms with Crippen LogP contribution in [0.4, 0.5) is 17.1 Å². The van der Waals surface area contributed by atoms with Crippen molar-refractivity contribution in [2.75, 3.05) is 4.90 Å². The van der Waals surface area contributed by atoms with Gasteiger partial charge in [-0.1, -0.05) is 206 Å². The fourth-order valence-electron chi connectivity index (χ4n) is 8.75. The Morgan fingerprint density at radius 3 is 1.34 bits per heavy atom. The minimum Gasteiger partial charge on any atom is -0.455 e. The van der Waals surface area contributed by atoms with Gasteiger partial charge in [0.25, 0.3) is 0 Å². The Bertz CT molecular complexity index is 3300. The minimum atomic E-state index is 0.860. The lowest BCUT2D eigenvalue weighted by Crippen LogP contribution is -2.11. The van der Waals surface area contributed by atoms with Crippen LogP contribution in [0.2, 0.25) is 0 Å². The van der Waals surface area contributed by atoms with Gasteiger partial charge in [-0.25, -0.2) is 0 Å². The van der Waals surface area contributed by atoms with Crippen LogP contribution in [0.25, 0.3) is 88.7 Å². The maximum Gasteiger partial charge on any atom is 0.143 e. The van der Waals surface area contributed by atoms with Crippen molar-refractivity contribution in [3.63, 3.8) is 0 Å². The summed E-state index contributed by atoms with van der Waals surface area (Å²) >= 11 is 0. The molecule has 0 amide bonds. The molecule has 0 aliphatic carbocycles. The highest BCUT2D eigenvalue weighted by molar-refractivity contribution is 6.10. The monoisotopic (exact) mass is 791 g/mol. The summed E-state index contributed by atoms with van der Waals surface area (Å²) in [6, 6.07) is 89.0. The van der Waals surface area contributed by atoms with Gasteiger partial charge in [0, 0.05) is 33.3 Å². The summed E-state index contributed by atoms with van der Waals surface area (Å²) in [5.41, 5.74) is 18.7. The fourth-order valence-corrected chi connectivity index (χ4v) is 8.75. The lowest BCUT2D eigenvalue weighted by Gasteiger charge is -2.29. The van der Waals surface area contributed by atoms with E-state index in [1.54, 1.807) is 0 Å². The minimum absolute atomic E-state index is 0.860. The molecule has 2 nitrogen and oxygen atoms in total. The van der Waals surface area contributed by atoms with Crippen LogP contribution in [-0.4, -0.2) is 0 Å². The molecule has 2 heteroatoms. The first-order valence-corrected chi connectivity index (χ1v) is 21.2. The lowest BCUT2D eigenvalue weighted by molar-refractivity contribution is 0.670. The summed E-state index contributed by atoms with van der Waals surface area (Å²) in [4.78, 5) is 2.41. The molecule has 0 spiro atoms. The third kappa shape index (κ3) is 7.04. The molecule has 292 valence electrons. The largest absolute Gasteiger partial charge is 0.455 e. The molecule has 0 saturated heterocycles. The second kappa shape index (κ2) is 16.1. The number of fused-ring (bicyclic) bond motifs is 3. The highest BCUT2D eigenvalue weighted by Gasteiger charge is 2.21. The van der Waals surface area contributed by atoms with Crippen molar-refractivity contribution in [1.82, 2.24) is 0 Å². The second-order valence-corrected chi connectivity index (χ2v) is 15.7. The van der Waals surface area contributed by atoms with E-state index in [-0.39, 0.29) is 0 Å². The van der Waals surface area contributed by atoms with Gasteiger partial charge >= 0.3 is 0 Å². The van der Waals surface area contributed by atoms with E-state index in [2.05, 4.69) is 254 Å². The zero-order valence-electron chi connectivity index (χ0n) is 34.0. The fraction of sp³-hybridized carbons (Fsp3) is 0. The topological polar surface area (TPSA) is 16.4 Å². The van der Waals surface area contributed by atoms with E-state index >= 15 is 0 Å². The summed E-state index contributed by atoms with van der Waals surface area (Å²) in [6.07, 6.45) is 0. The van der Waals surface area contributed by atoms with Crippen molar-refractivity contribution in [3.05, 3.63) is 249 Å². The number of nitrogens with zero attached hydrogens (tertiary/aromatic N) is 1. The Labute approximate surface area is 362 Å². The molecule has 0 bridgehead atoms. The third-order valence-electron chi connectivity index (χ3n) is 11.9. The molecule has 0 unspecified atom stereocenters. The van der Waals surface area contributed by atoms with Crippen LogP contribution < -0.4 is 4.90 Å². The highest BCUT2D eigenvalue weighted by atomic mass is 16.3. The molecule has 0 fully saturated rings. The molecule has 1 aromatic heterocycles. The maximum absolute atomic E-state index is 6.80. The Morgan fingerprint density at radius 2 is 0.726 bits per heavy atom. The van der Waals surface area contributed by atoms with Gasteiger partial charge in [-0.3, -0.25) is 0 Å². The van der Waals surface area contributed by atoms with Gasteiger partial charge < -0.3 is 9.32 Å². The van der Waals surface area contributed by atoms with Crippen molar-refractivity contribution < 1.29 is 4.42 Å². The Hall–Kier alpha value is -8.20. The number of benzene rings is 10. The predicted molar refractivity (Wildman–Crippen MR) is 261 cm³/mol. The van der Waals surface area contributed by atoms with Gasteiger partial charge in [0.15, 0.2) is 0 Å². The zero-order valence-corrected chi connectivity index (χ0v) is 34.0. The smallest absolute Gasteiger partial charge is 0.143 e. The van der Waals surface area contributed by atoms with Gasteiger partial charge in [0.05, 0.1) is 5.69 Å². The molecule has 0 radical (unpaired) electrons. The van der Waals surface area contributed by atoms with Crippen LogP contribution in [0, 0.1) is 0 Å². The van der Waals surface area contributed by atoms with E-state index < -0.39 is 0 Å². The summed E-state index contributed by atoms with van der Waals surface area (Å²) < 4.78 is 6.80. The van der Waals surface area contributed by atoms with Crippen molar-refractivity contribution >= 4 is 39.0 Å². The molecular weight excluding hydrogens is 751 g/mol. The number of hydrogen-bond acceptors (Lipinski definition) is 2. The number of para-hydroxylation sites is 1. The first-order chi connectivity index (χ1) is 30.7. The SMILES string of the molecule is c1ccc(-c2ccc(-c3ccc(N(c4cccc(-c5ccccc5)c4)c4cc(-c5ccccc5)ccc4-c4ccc5c(c4)oc4c(-c6ccccc6)cccc45)cc3)cc2)cc1. The molecule has 62 heavy (non-hydrogen) atoms. The number of furan rings is 1. The van der Waals surface area contributed by atoms with Crippen LogP contribution in [0.1, 0.15) is 0 Å². The standard InChI is InChI=1S/C60H41NO/c1-5-15-42(16-6-1)45-27-29-46(30-28-45)47-31-35-52(36-32-47)61(53-24-13-23-49(39-53)43-17-7-2-8-18-43)58-40-50(44-19-9-3-10-20-44)33-37-54(58)51-34-38-56-57-26-14-25-55(48-21-11-4-12-22-48)60(57)62-59(56)41-51/h1-41H. The molecule has 1 heterocycles. The molecular formula is C60H41NO. The molecule has 0 N–H and O–H groups in total. The normalized spacial score (nSPS) is 11.2. The molecule has 11 rings (SSSR count). The first-order valence-electron chi connectivity index (χ1n) is 21.2. The van der Waals surface area contributed by atoms with Crippen LogP contribution in [0.3, 0.4) is 0 Å². The predicted octanol–water partition coefficient (Wildman–Crippen LogP) is 17.1. The van der Waals surface area contributed by atoms with Crippen molar-refractivity contribution in [2.45, 2.75) is 0 Å². The van der Waals surface area contributed by atoms with Crippen molar-refractivity contribution in [2.24, 2.45) is 0 Å². The second-order valence-electron chi connectivity index (χ2n) is 15.7. The quantitative estimate of drug-likeness (QED) is 0.145. The average molecular weight is 792 g/mol. The summed E-state index contributed by atoms with van der Waals surface area (Å²) in [5, 5.41) is 2.21. The number of anilines is 3. The highest BCUT2D eigenvalue weighted by Crippen LogP contribution is 2.46. The van der Waals surface area contributed by atoms with E-state index in [0.29, 0.717) is 0 Å². The molecule has 0 atom stereocenters. The Morgan fingerprint density at radius 1 is 0.258 bits per heavy atom. The van der Waals surface area contributed by atoms with E-state index in [1.165, 1.54) is 22.3 Å². The van der Waals surface area contributed by atoms with Crippen LogP contribution in [0.15, 0.2) is 253 Å². The average Bonchev–Trinajstić information content (AvgIpc) is 3.74. The van der Waals surface area contributed by atoms with Gasteiger partial charge in [-0.05, 0) is 98.1 Å². The number of rotatable bonds is 9. The first kappa shape index (κ1) is 36.8. The Balaban J connectivity index is 1.08. The zero-order chi connectivity index (χ0) is 41.2. The molecule has 11 aromatic rings. The molecule has 0 aliphatic rings. The van der Waals surface area contributed by atoms with Crippen LogP contribution in [0.5, 0.6) is 0 Å². The maximum atomic E-state index is 6.80. The van der Waals surface area contributed by atoms with Crippen LogP contribution >= 0.6 is 0 Å². The van der Waals surface area contributed by atoms with E-state index in [0.717, 1.165) is 83.5 Å². The van der Waals surface area contributed by atoms with E-state index in [1.807, 2.05) is 0 Å². The summed E-state index contributed by atoms with van der Waals surface area (Å²) in [6.45, 7) is 0. The summed E-state index contributed by atoms with van der Waals surface area (Å²) in [5.74, 6) is 0. The molecule has 0 saturated carbocycles. The van der Waals surface area contributed by atoms with Gasteiger partial charge in [0.2, 0.25) is 0 Å². The van der Waals surface area contributed by atoms with Gasteiger partial charge in [0.1, 0.15) is 11.2 Å². The van der Waals surface area contributed by atoms with Gasteiger partial charge in [-0.2, -0.15) is 0 Å². The van der Waals surface area contributed by atoms with Gasteiger partial charge in [-0.15, -0.1) is 0 Å². The van der Waals surface area contributed by atoms with Crippen LogP contribution in [-0.2, 0) is 0 Å². The third-order valence-corrected chi connectivity index (χ3v) is 11.9. The van der Waals surface area contributed by atoms with E-state index in [4.69, 9.17) is 4.42 Å². The lowest BCUT2D eigenvalue weighted by atomic mass is 9.95. The van der Waals surface area contributed by atoms with E-state index in [9.17, 15) is 0 Å². The molecule has 10 aromatic carbocycles. The van der Waals surface area contributed by atoms with Crippen molar-refractivity contribution in [1.29, 1.82) is 0 Å². The Kier molecular flexibility index (Phi) is 9.57.